The van der Waals surface area contributed by atoms with Gasteiger partial charge in [0.25, 0.3) is 0 Å². The first-order chi connectivity index (χ1) is 9.48. The van der Waals surface area contributed by atoms with Gasteiger partial charge < -0.3 is 13.7 Å². The molecule has 0 bridgehead atoms. The van der Waals surface area contributed by atoms with Gasteiger partial charge in [-0.15, -0.1) is 0 Å². The van der Waals surface area contributed by atoms with Crippen molar-refractivity contribution in [2.24, 2.45) is 16.7 Å². The molecule has 1 aliphatic heterocycles. The van der Waals surface area contributed by atoms with E-state index in [0.29, 0.717) is 6.42 Å². The zero-order valence-electron chi connectivity index (χ0n) is 11.6. The third kappa shape index (κ3) is 1.87. The van der Waals surface area contributed by atoms with Gasteiger partial charge >= 0.3 is 5.97 Å². The Labute approximate surface area is 122 Å². The smallest absolute Gasteiger partial charge is 0.311 e. The average molecular weight is 294 g/mol. The first-order valence-corrected chi connectivity index (χ1v) is 7.65. The number of allylic oxidation sites excluding steroid dienone is 2. The zero-order valence-corrected chi connectivity index (χ0v) is 12.4. The Balaban J connectivity index is 1.90. The number of hydrogen-bond donors (Lipinski definition) is 1. The van der Waals surface area contributed by atoms with Crippen LogP contribution in [-0.2, 0) is 15.4 Å². The Morgan fingerprint density at radius 1 is 1.60 bits per heavy atom. The SMILES string of the molecule is CC1(C)[C@H](/C=C2\CCSO2)[C@@]1(Cc1ccco1)C(=O)O. The van der Waals surface area contributed by atoms with Gasteiger partial charge in [0, 0.05) is 24.5 Å². The molecule has 0 spiro atoms. The lowest BCUT2D eigenvalue weighted by molar-refractivity contribution is -0.145. The van der Waals surface area contributed by atoms with Crippen molar-refractivity contribution in [1.29, 1.82) is 0 Å². The number of hydrogen-bond acceptors (Lipinski definition) is 4. The number of carboxylic acids is 1. The van der Waals surface area contributed by atoms with Gasteiger partial charge in [0.1, 0.15) is 11.5 Å². The summed E-state index contributed by atoms with van der Waals surface area (Å²) in [6, 6.07) is 3.63. The number of rotatable bonds is 4. The van der Waals surface area contributed by atoms with E-state index in [2.05, 4.69) is 0 Å². The summed E-state index contributed by atoms with van der Waals surface area (Å²) < 4.78 is 10.8. The maximum absolute atomic E-state index is 11.9. The number of carbonyl (C=O) groups is 1. The summed E-state index contributed by atoms with van der Waals surface area (Å²) >= 11 is 1.43. The number of furan rings is 1. The minimum absolute atomic E-state index is 0.0219. The Morgan fingerprint density at radius 3 is 2.95 bits per heavy atom. The molecule has 4 nitrogen and oxygen atoms in total. The molecule has 1 aliphatic carbocycles. The van der Waals surface area contributed by atoms with Crippen LogP contribution in [0.1, 0.15) is 26.0 Å². The highest BCUT2D eigenvalue weighted by molar-refractivity contribution is 7.95. The zero-order chi connectivity index (χ0) is 14.4. The summed E-state index contributed by atoms with van der Waals surface area (Å²) in [6.45, 7) is 4.02. The van der Waals surface area contributed by atoms with Crippen LogP contribution < -0.4 is 0 Å². The molecule has 0 unspecified atom stereocenters. The lowest BCUT2D eigenvalue weighted by atomic mass is 9.91. The second kappa shape index (κ2) is 4.58. The maximum Gasteiger partial charge on any atom is 0.311 e. The topological polar surface area (TPSA) is 59.7 Å². The van der Waals surface area contributed by atoms with E-state index in [0.717, 1.165) is 23.7 Å². The molecular weight excluding hydrogens is 276 g/mol. The first-order valence-electron chi connectivity index (χ1n) is 6.74. The third-order valence-electron chi connectivity index (χ3n) is 4.74. The second-order valence-electron chi connectivity index (χ2n) is 6.02. The average Bonchev–Trinajstić information content (AvgIpc) is 2.91. The molecule has 5 heteroatoms. The lowest BCUT2D eigenvalue weighted by Crippen LogP contribution is -2.24. The second-order valence-corrected chi connectivity index (χ2v) is 6.83. The van der Waals surface area contributed by atoms with E-state index in [1.165, 1.54) is 12.0 Å². The van der Waals surface area contributed by atoms with E-state index < -0.39 is 11.4 Å². The van der Waals surface area contributed by atoms with Gasteiger partial charge in [-0.25, -0.2) is 0 Å². The molecular formula is C15H18O4S. The van der Waals surface area contributed by atoms with E-state index in [4.69, 9.17) is 8.60 Å². The molecule has 0 radical (unpaired) electrons. The van der Waals surface area contributed by atoms with Crippen LogP contribution in [0, 0.1) is 16.7 Å². The molecule has 0 aromatic carbocycles. The highest BCUT2D eigenvalue weighted by Gasteiger charge is 2.75. The minimum Gasteiger partial charge on any atom is -0.481 e. The van der Waals surface area contributed by atoms with Crippen molar-refractivity contribution < 1.29 is 18.5 Å². The van der Waals surface area contributed by atoms with Crippen LogP contribution in [0.5, 0.6) is 0 Å². The molecule has 1 aromatic heterocycles. The molecule has 1 saturated heterocycles. The van der Waals surface area contributed by atoms with Crippen LogP contribution >= 0.6 is 12.0 Å². The fourth-order valence-corrected chi connectivity index (χ4v) is 4.01. The van der Waals surface area contributed by atoms with Crippen LogP contribution in [0.4, 0.5) is 0 Å². The standard InChI is InChI=1S/C15H18O4S/c1-14(2)12(8-10-5-7-20-19-10)15(14,13(16)17)9-11-4-3-6-18-11/h3-4,6,8,12H,5,7,9H2,1-2H3,(H,16,17)/b10-8+/t12-,15-/m0/s1. The van der Waals surface area contributed by atoms with Gasteiger partial charge in [-0.05, 0) is 23.6 Å². The monoisotopic (exact) mass is 294 g/mol. The van der Waals surface area contributed by atoms with E-state index in [-0.39, 0.29) is 11.3 Å². The maximum atomic E-state index is 11.9. The molecule has 20 heavy (non-hydrogen) atoms. The largest absolute Gasteiger partial charge is 0.481 e. The van der Waals surface area contributed by atoms with Crippen molar-refractivity contribution >= 4 is 18.0 Å². The molecule has 1 N–H and O–H groups in total. The van der Waals surface area contributed by atoms with Gasteiger partial charge in [0.05, 0.1) is 23.7 Å². The molecule has 1 saturated carbocycles. The van der Waals surface area contributed by atoms with E-state index >= 15 is 0 Å². The van der Waals surface area contributed by atoms with E-state index in [1.54, 1.807) is 12.3 Å². The minimum atomic E-state index is -0.797. The number of carboxylic acid groups (broad SMARTS) is 1. The molecule has 0 amide bonds. The van der Waals surface area contributed by atoms with Crippen molar-refractivity contribution in [3.05, 3.63) is 36.0 Å². The predicted molar refractivity (Wildman–Crippen MR) is 76.0 cm³/mol. The van der Waals surface area contributed by atoms with Gasteiger partial charge in [-0.3, -0.25) is 4.79 Å². The lowest BCUT2D eigenvalue weighted by Gasteiger charge is -2.13. The summed E-state index contributed by atoms with van der Waals surface area (Å²) in [6.07, 6.45) is 4.90. The van der Waals surface area contributed by atoms with Gasteiger partial charge in [-0.2, -0.15) is 0 Å². The van der Waals surface area contributed by atoms with Crippen molar-refractivity contribution in [1.82, 2.24) is 0 Å². The quantitative estimate of drug-likeness (QED) is 0.861. The fraction of sp³-hybridized carbons (Fsp3) is 0.533. The van der Waals surface area contributed by atoms with Crippen LogP contribution in [0.3, 0.4) is 0 Å². The van der Waals surface area contributed by atoms with Crippen LogP contribution in [-0.4, -0.2) is 16.8 Å². The highest BCUT2D eigenvalue weighted by atomic mass is 32.2. The Kier molecular flexibility index (Phi) is 3.12. The molecule has 2 heterocycles. The van der Waals surface area contributed by atoms with E-state index in [1.807, 2.05) is 26.0 Å². The molecule has 108 valence electrons. The van der Waals surface area contributed by atoms with Gasteiger partial charge in [0.2, 0.25) is 0 Å². The summed E-state index contributed by atoms with van der Waals surface area (Å²) in [7, 11) is 0. The summed E-state index contributed by atoms with van der Waals surface area (Å²) in [5, 5.41) is 9.77. The van der Waals surface area contributed by atoms with Crippen molar-refractivity contribution in [2.75, 3.05) is 5.75 Å². The Bertz CT molecular complexity index is 538. The molecule has 1 aromatic rings. The highest BCUT2D eigenvalue weighted by Crippen LogP contribution is 2.71. The Morgan fingerprint density at radius 2 is 2.40 bits per heavy atom. The van der Waals surface area contributed by atoms with Crippen molar-refractivity contribution in [2.45, 2.75) is 26.7 Å². The summed E-state index contributed by atoms with van der Waals surface area (Å²) in [4.78, 5) is 11.9. The van der Waals surface area contributed by atoms with Crippen molar-refractivity contribution in [3.8, 4) is 0 Å². The normalized spacial score (nSPS) is 33.1. The molecule has 2 aliphatic rings. The molecule has 2 fully saturated rings. The molecule has 2 atom stereocenters. The summed E-state index contributed by atoms with van der Waals surface area (Å²) in [5.41, 5.74) is -1.09. The predicted octanol–water partition coefficient (Wildman–Crippen LogP) is 3.50. The number of aliphatic carboxylic acids is 1. The van der Waals surface area contributed by atoms with Crippen LogP contribution in [0.2, 0.25) is 0 Å². The first kappa shape index (κ1) is 13.6. The Hall–Kier alpha value is -1.36. The summed E-state index contributed by atoms with van der Waals surface area (Å²) in [5.74, 6) is 1.80. The van der Waals surface area contributed by atoms with Gasteiger partial charge in [0.15, 0.2) is 0 Å². The third-order valence-corrected chi connectivity index (χ3v) is 5.44. The molecule has 3 rings (SSSR count). The van der Waals surface area contributed by atoms with Crippen LogP contribution in [0.25, 0.3) is 0 Å². The van der Waals surface area contributed by atoms with Crippen molar-refractivity contribution in [3.63, 3.8) is 0 Å². The fourth-order valence-electron chi connectivity index (χ4n) is 3.35. The van der Waals surface area contributed by atoms with Crippen LogP contribution in [0.15, 0.2) is 34.6 Å². The van der Waals surface area contributed by atoms with Gasteiger partial charge in [-0.1, -0.05) is 13.8 Å². The van der Waals surface area contributed by atoms with E-state index in [9.17, 15) is 9.90 Å².